The van der Waals surface area contributed by atoms with Crippen molar-refractivity contribution in [2.75, 3.05) is 17.6 Å². The van der Waals surface area contributed by atoms with E-state index in [1.54, 1.807) is 6.07 Å². The van der Waals surface area contributed by atoms with Crippen LogP contribution in [-0.2, 0) is 0 Å². The molecule has 0 spiro atoms. The number of alkyl halides is 3. The smallest absolute Gasteiger partial charge is 0.389 e. The molecule has 0 atom stereocenters. The lowest BCUT2D eigenvalue weighted by Crippen LogP contribution is -2.10. The van der Waals surface area contributed by atoms with Crippen LogP contribution in [0.3, 0.4) is 0 Å². The Hall–Kier alpha value is -1.44. The van der Waals surface area contributed by atoms with Gasteiger partial charge in [-0.15, -0.1) is 11.3 Å². The molecule has 1 heterocycles. The molecule has 0 unspecified atom stereocenters. The van der Waals surface area contributed by atoms with Crippen molar-refractivity contribution in [3.05, 3.63) is 10.9 Å². The van der Waals surface area contributed by atoms with E-state index in [1.165, 1.54) is 0 Å². The monoisotopic (exact) mass is 281 g/mol. The fourth-order valence-corrected chi connectivity index (χ4v) is 2.20. The van der Waals surface area contributed by atoms with Crippen LogP contribution in [0.25, 0.3) is 0 Å². The molecule has 0 fully saturated rings. The number of thiophene rings is 1. The van der Waals surface area contributed by atoms with Gasteiger partial charge in [-0.25, -0.2) is 0 Å². The van der Waals surface area contributed by atoms with Gasteiger partial charge in [0.1, 0.15) is 4.88 Å². The van der Waals surface area contributed by atoms with E-state index in [0.717, 1.165) is 11.3 Å². The van der Waals surface area contributed by atoms with Crippen LogP contribution in [0.15, 0.2) is 6.07 Å². The number of amides is 1. The van der Waals surface area contributed by atoms with Crippen molar-refractivity contribution in [2.24, 2.45) is 5.73 Å². The Morgan fingerprint density at radius 2 is 2.06 bits per heavy atom. The summed E-state index contributed by atoms with van der Waals surface area (Å²) in [6.07, 6.45) is -4.43. The van der Waals surface area contributed by atoms with Crippen LogP contribution < -0.4 is 16.8 Å². The maximum atomic E-state index is 11.9. The van der Waals surface area contributed by atoms with E-state index in [-0.39, 0.29) is 17.0 Å². The fourth-order valence-electron chi connectivity index (χ4n) is 1.35. The first-order valence-corrected chi connectivity index (χ1v) is 6.11. The maximum absolute atomic E-state index is 11.9. The zero-order valence-corrected chi connectivity index (χ0v) is 10.3. The number of nitrogen functional groups attached to an aromatic ring is 1. The summed E-state index contributed by atoms with van der Waals surface area (Å²) in [5.41, 5.74) is 10.9. The predicted molar refractivity (Wildman–Crippen MR) is 65.6 cm³/mol. The van der Waals surface area contributed by atoms with Gasteiger partial charge in [-0.3, -0.25) is 4.79 Å². The number of primary amides is 1. The summed E-state index contributed by atoms with van der Waals surface area (Å²) in [7, 11) is 0. The average Bonchev–Trinajstić information content (AvgIpc) is 2.57. The molecular formula is C10H14F3N3OS. The first kappa shape index (κ1) is 14.6. The van der Waals surface area contributed by atoms with Gasteiger partial charge in [0.2, 0.25) is 0 Å². The highest BCUT2D eigenvalue weighted by Gasteiger charge is 2.25. The molecule has 0 saturated carbocycles. The Labute approximate surface area is 106 Å². The Morgan fingerprint density at radius 1 is 1.39 bits per heavy atom. The number of anilines is 2. The molecule has 0 aliphatic heterocycles. The lowest BCUT2D eigenvalue weighted by molar-refractivity contribution is -0.135. The average molecular weight is 281 g/mol. The van der Waals surface area contributed by atoms with Crippen molar-refractivity contribution in [1.82, 2.24) is 0 Å². The normalized spacial score (nSPS) is 11.5. The molecule has 0 radical (unpaired) electrons. The molecule has 1 aromatic heterocycles. The van der Waals surface area contributed by atoms with Gasteiger partial charge in [-0.2, -0.15) is 13.2 Å². The van der Waals surface area contributed by atoms with Crippen molar-refractivity contribution >= 4 is 27.9 Å². The molecule has 0 aliphatic carbocycles. The molecule has 1 amide bonds. The number of hydrogen-bond acceptors (Lipinski definition) is 4. The molecule has 4 nitrogen and oxygen atoms in total. The molecule has 0 aliphatic rings. The molecule has 102 valence electrons. The minimum absolute atomic E-state index is 0.0695. The Bertz CT molecular complexity index is 417. The van der Waals surface area contributed by atoms with E-state index in [4.69, 9.17) is 11.5 Å². The third kappa shape index (κ3) is 4.82. The number of carbonyl (C=O) groups excluding carboxylic acids is 1. The van der Waals surface area contributed by atoms with Crippen LogP contribution in [-0.4, -0.2) is 18.6 Å². The fraction of sp³-hybridized carbons (Fsp3) is 0.500. The minimum atomic E-state index is -4.10. The highest BCUT2D eigenvalue weighted by atomic mass is 32.1. The molecule has 1 rings (SSSR count). The summed E-state index contributed by atoms with van der Waals surface area (Å²) in [4.78, 5) is 11.2. The molecule has 0 saturated heterocycles. The molecular weight excluding hydrogens is 267 g/mol. The Balaban J connectivity index is 2.32. The van der Waals surface area contributed by atoms with Gasteiger partial charge in [-0.1, -0.05) is 0 Å². The van der Waals surface area contributed by atoms with E-state index < -0.39 is 18.5 Å². The number of nitrogens with one attached hydrogen (secondary N) is 1. The van der Waals surface area contributed by atoms with Crippen molar-refractivity contribution in [1.29, 1.82) is 0 Å². The van der Waals surface area contributed by atoms with Gasteiger partial charge in [0, 0.05) is 13.0 Å². The van der Waals surface area contributed by atoms with E-state index in [1.807, 2.05) is 0 Å². The number of rotatable bonds is 6. The van der Waals surface area contributed by atoms with Crippen LogP contribution in [0.5, 0.6) is 0 Å². The van der Waals surface area contributed by atoms with Crippen LogP contribution >= 0.6 is 11.3 Å². The second kappa shape index (κ2) is 5.94. The summed E-state index contributed by atoms with van der Waals surface area (Å²) in [5, 5.41) is 3.54. The van der Waals surface area contributed by atoms with Crippen molar-refractivity contribution < 1.29 is 18.0 Å². The molecule has 5 N–H and O–H groups in total. The number of halogens is 3. The lowest BCUT2D eigenvalue weighted by Gasteiger charge is -2.06. The summed E-state index contributed by atoms with van der Waals surface area (Å²) in [6.45, 7) is 0.397. The number of hydrogen-bond donors (Lipinski definition) is 3. The third-order valence-corrected chi connectivity index (χ3v) is 3.29. The zero-order chi connectivity index (χ0) is 13.8. The lowest BCUT2D eigenvalue weighted by atomic mass is 10.2. The summed E-state index contributed by atoms with van der Waals surface area (Å²) in [6, 6.07) is 1.55. The third-order valence-electron chi connectivity index (χ3n) is 2.17. The SMILES string of the molecule is NC(=O)c1sc(NCCCCC(F)(F)F)cc1N. The second-order valence-corrected chi connectivity index (χ2v) is 4.81. The molecule has 18 heavy (non-hydrogen) atoms. The Kier molecular flexibility index (Phi) is 4.83. The van der Waals surface area contributed by atoms with E-state index >= 15 is 0 Å². The predicted octanol–water partition coefficient (Wildman–Crippen LogP) is 2.57. The summed E-state index contributed by atoms with van der Waals surface area (Å²) in [5.74, 6) is -0.609. The highest BCUT2D eigenvalue weighted by Crippen LogP contribution is 2.28. The second-order valence-electron chi connectivity index (χ2n) is 3.76. The Morgan fingerprint density at radius 3 is 2.56 bits per heavy atom. The van der Waals surface area contributed by atoms with Crippen LogP contribution in [0.2, 0.25) is 0 Å². The number of nitrogens with two attached hydrogens (primary N) is 2. The molecule has 0 aromatic carbocycles. The van der Waals surface area contributed by atoms with Gasteiger partial charge < -0.3 is 16.8 Å². The van der Waals surface area contributed by atoms with Gasteiger partial charge in [0.05, 0.1) is 10.7 Å². The van der Waals surface area contributed by atoms with Crippen molar-refractivity contribution in [2.45, 2.75) is 25.4 Å². The summed E-state index contributed by atoms with van der Waals surface area (Å²) >= 11 is 1.10. The van der Waals surface area contributed by atoms with Crippen molar-refractivity contribution in [3.63, 3.8) is 0 Å². The van der Waals surface area contributed by atoms with Crippen LogP contribution in [0.4, 0.5) is 23.9 Å². The van der Waals surface area contributed by atoms with Gasteiger partial charge in [0.25, 0.3) is 5.91 Å². The van der Waals surface area contributed by atoms with Gasteiger partial charge >= 0.3 is 6.18 Å². The standard InChI is InChI=1S/C10H14F3N3OS/c11-10(12,13)3-1-2-4-16-7-5-6(14)8(18-7)9(15)17/h5,16H,1-4,14H2,(H2,15,17). The van der Waals surface area contributed by atoms with E-state index in [2.05, 4.69) is 5.32 Å². The van der Waals surface area contributed by atoms with Gasteiger partial charge in [-0.05, 0) is 18.9 Å². The van der Waals surface area contributed by atoms with Crippen molar-refractivity contribution in [3.8, 4) is 0 Å². The first-order chi connectivity index (χ1) is 8.29. The van der Waals surface area contributed by atoms with E-state index in [9.17, 15) is 18.0 Å². The number of carbonyl (C=O) groups is 1. The molecule has 8 heteroatoms. The quantitative estimate of drug-likeness (QED) is 0.701. The summed E-state index contributed by atoms with van der Waals surface area (Å²) < 4.78 is 35.6. The molecule has 1 aromatic rings. The van der Waals surface area contributed by atoms with Gasteiger partial charge in [0.15, 0.2) is 0 Å². The highest BCUT2D eigenvalue weighted by molar-refractivity contribution is 7.18. The number of unbranched alkanes of at least 4 members (excludes halogenated alkanes) is 1. The first-order valence-electron chi connectivity index (χ1n) is 5.29. The largest absolute Gasteiger partial charge is 0.397 e. The maximum Gasteiger partial charge on any atom is 0.389 e. The molecule has 0 bridgehead atoms. The van der Waals surface area contributed by atoms with Crippen LogP contribution in [0, 0.1) is 0 Å². The minimum Gasteiger partial charge on any atom is -0.397 e. The topological polar surface area (TPSA) is 81.1 Å². The van der Waals surface area contributed by atoms with Crippen LogP contribution in [0.1, 0.15) is 28.9 Å². The van der Waals surface area contributed by atoms with E-state index in [0.29, 0.717) is 18.0 Å². The zero-order valence-electron chi connectivity index (χ0n) is 9.51.